The first-order valence-electron chi connectivity index (χ1n) is 4.43. The van der Waals surface area contributed by atoms with Crippen molar-refractivity contribution in [1.29, 1.82) is 0 Å². The predicted molar refractivity (Wildman–Crippen MR) is 56.9 cm³/mol. The van der Waals surface area contributed by atoms with Crippen LogP contribution in [0.15, 0.2) is 18.2 Å². The molecule has 0 spiro atoms. The second-order valence-corrected chi connectivity index (χ2v) is 3.31. The normalized spacial score (nSPS) is 9.80. The second-order valence-electron chi connectivity index (χ2n) is 3.31. The number of non-ortho nitro benzene ring substituents is 1. The number of hydrogen-bond acceptors (Lipinski definition) is 3. The van der Waals surface area contributed by atoms with E-state index >= 15 is 0 Å². The summed E-state index contributed by atoms with van der Waals surface area (Å²) in [5.74, 6) is -0.105. The van der Waals surface area contributed by atoms with Gasteiger partial charge in [-0.2, -0.15) is 0 Å². The summed E-state index contributed by atoms with van der Waals surface area (Å²) >= 11 is 0. The summed E-state index contributed by atoms with van der Waals surface area (Å²) in [6.45, 7) is 3.18. The third-order valence-electron chi connectivity index (χ3n) is 2.22. The summed E-state index contributed by atoms with van der Waals surface area (Å²) in [5.41, 5.74) is 1.43. The fourth-order valence-corrected chi connectivity index (χ4v) is 1.30. The summed E-state index contributed by atoms with van der Waals surface area (Å²) in [5, 5.41) is 10.5. The van der Waals surface area contributed by atoms with Crippen LogP contribution in [0.5, 0.6) is 0 Å². The highest BCUT2D eigenvalue weighted by Crippen LogP contribution is 2.23. The molecule has 1 aromatic rings. The monoisotopic (exact) mass is 208 g/mol. The van der Waals surface area contributed by atoms with Crippen molar-refractivity contribution in [2.75, 3.05) is 11.9 Å². The van der Waals surface area contributed by atoms with Crippen LogP contribution in [0.1, 0.15) is 12.5 Å². The van der Waals surface area contributed by atoms with Crippen molar-refractivity contribution in [1.82, 2.24) is 0 Å². The van der Waals surface area contributed by atoms with E-state index in [1.807, 2.05) is 0 Å². The molecule has 0 atom stereocenters. The lowest BCUT2D eigenvalue weighted by Gasteiger charge is -2.16. The second kappa shape index (κ2) is 4.08. The van der Waals surface area contributed by atoms with Gasteiger partial charge in [-0.25, -0.2) is 0 Å². The van der Waals surface area contributed by atoms with Crippen molar-refractivity contribution >= 4 is 17.3 Å². The highest BCUT2D eigenvalue weighted by Gasteiger charge is 2.12. The Morgan fingerprint density at radius 2 is 2.07 bits per heavy atom. The van der Waals surface area contributed by atoms with Gasteiger partial charge in [0.25, 0.3) is 5.69 Å². The highest BCUT2D eigenvalue weighted by atomic mass is 16.6. The molecule has 1 amide bonds. The zero-order chi connectivity index (χ0) is 11.6. The molecule has 0 saturated carbocycles. The molecule has 0 unspecified atom stereocenters. The zero-order valence-corrected chi connectivity index (χ0v) is 8.85. The van der Waals surface area contributed by atoms with Gasteiger partial charge in [0.1, 0.15) is 0 Å². The maximum absolute atomic E-state index is 11.1. The molecule has 0 fully saturated rings. The van der Waals surface area contributed by atoms with Crippen LogP contribution in [0.3, 0.4) is 0 Å². The van der Waals surface area contributed by atoms with Gasteiger partial charge in [0.15, 0.2) is 0 Å². The summed E-state index contributed by atoms with van der Waals surface area (Å²) in [4.78, 5) is 22.6. The van der Waals surface area contributed by atoms with E-state index in [0.29, 0.717) is 11.3 Å². The summed E-state index contributed by atoms with van der Waals surface area (Å²) in [6, 6.07) is 4.42. The van der Waals surface area contributed by atoms with E-state index < -0.39 is 4.92 Å². The van der Waals surface area contributed by atoms with Gasteiger partial charge in [-0.1, -0.05) is 0 Å². The lowest BCUT2D eigenvalue weighted by atomic mass is 10.1. The number of anilines is 1. The molecule has 80 valence electrons. The summed E-state index contributed by atoms with van der Waals surface area (Å²) < 4.78 is 0. The molecule has 0 heterocycles. The van der Waals surface area contributed by atoms with Crippen LogP contribution in [-0.4, -0.2) is 17.9 Å². The number of nitrogens with zero attached hydrogens (tertiary/aromatic N) is 2. The van der Waals surface area contributed by atoms with Gasteiger partial charge in [-0.05, 0) is 18.6 Å². The Kier molecular flexibility index (Phi) is 3.04. The number of nitro benzene ring substituents is 1. The van der Waals surface area contributed by atoms with Crippen LogP contribution in [0.4, 0.5) is 11.4 Å². The van der Waals surface area contributed by atoms with E-state index in [2.05, 4.69) is 0 Å². The van der Waals surface area contributed by atoms with Gasteiger partial charge >= 0.3 is 0 Å². The number of carbonyl (C=O) groups excluding carboxylic acids is 1. The lowest BCUT2D eigenvalue weighted by molar-refractivity contribution is -0.384. The molecular formula is C10H12N2O3. The van der Waals surface area contributed by atoms with Crippen LogP contribution >= 0.6 is 0 Å². The molecule has 5 nitrogen and oxygen atoms in total. The van der Waals surface area contributed by atoms with E-state index in [1.54, 1.807) is 20.0 Å². The minimum Gasteiger partial charge on any atom is -0.315 e. The minimum absolute atomic E-state index is 0.0354. The Bertz CT molecular complexity index is 415. The van der Waals surface area contributed by atoms with Gasteiger partial charge in [-0.15, -0.1) is 0 Å². The summed E-state index contributed by atoms with van der Waals surface area (Å²) in [7, 11) is 1.64. The molecule has 0 N–H and O–H groups in total. The Balaban J connectivity index is 3.13. The van der Waals surface area contributed by atoms with Crippen molar-refractivity contribution in [3.05, 3.63) is 33.9 Å². The molecule has 0 aliphatic heterocycles. The largest absolute Gasteiger partial charge is 0.315 e. The van der Waals surface area contributed by atoms with Gasteiger partial charge in [-0.3, -0.25) is 14.9 Å². The third-order valence-corrected chi connectivity index (χ3v) is 2.22. The van der Waals surface area contributed by atoms with E-state index in [-0.39, 0.29) is 11.6 Å². The quantitative estimate of drug-likeness (QED) is 0.550. The number of hydrogen-bond donors (Lipinski definition) is 0. The molecule has 1 aromatic carbocycles. The fourth-order valence-electron chi connectivity index (χ4n) is 1.30. The molecule has 0 aromatic heterocycles. The summed E-state index contributed by atoms with van der Waals surface area (Å²) in [6.07, 6.45) is 0. The molecule has 0 saturated heterocycles. The van der Waals surface area contributed by atoms with Gasteiger partial charge < -0.3 is 4.90 Å². The van der Waals surface area contributed by atoms with Gasteiger partial charge in [0, 0.05) is 31.8 Å². The zero-order valence-electron chi connectivity index (χ0n) is 8.85. The molecular weight excluding hydrogens is 196 g/mol. The highest BCUT2D eigenvalue weighted by molar-refractivity contribution is 5.91. The third kappa shape index (κ3) is 2.31. The van der Waals surface area contributed by atoms with Crippen LogP contribution in [-0.2, 0) is 4.79 Å². The first-order chi connectivity index (χ1) is 6.93. The predicted octanol–water partition coefficient (Wildman–Crippen LogP) is 1.89. The maximum Gasteiger partial charge on any atom is 0.269 e. The number of rotatable bonds is 2. The molecule has 1 rings (SSSR count). The Labute approximate surface area is 87.5 Å². The van der Waals surface area contributed by atoms with Crippen LogP contribution in [0.2, 0.25) is 0 Å². The fraction of sp³-hybridized carbons (Fsp3) is 0.300. The molecule has 0 radical (unpaired) electrons. The Morgan fingerprint density at radius 1 is 1.47 bits per heavy atom. The smallest absolute Gasteiger partial charge is 0.269 e. The van der Waals surface area contributed by atoms with E-state index in [4.69, 9.17) is 0 Å². The first-order valence-corrected chi connectivity index (χ1v) is 4.43. The van der Waals surface area contributed by atoms with Crippen molar-refractivity contribution in [3.63, 3.8) is 0 Å². The molecule has 15 heavy (non-hydrogen) atoms. The Morgan fingerprint density at radius 3 is 2.47 bits per heavy atom. The molecule has 5 heteroatoms. The van der Waals surface area contributed by atoms with Gasteiger partial charge in [0.2, 0.25) is 5.91 Å². The number of amides is 1. The molecule has 0 bridgehead atoms. The lowest BCUT2D eigenvalue weighted by Crippen LogP contribution is -2.23. The van der Waals surface area contributed by atoms with Crippen molar-refractivity contribution in [2.24, 2.45) is 0 Å². The number of nitro groups is 1. The minimum atomic E-state index is -0.454. The number of aryl methyl sites for hydroxylation is 1. The number of carbonyl (C=O) groups is 1. The van der Waals surface area contributed by atoms with E-state index in [0.717, 1.165) is 0 Å². The average Bonchev–Trinajstić information content (AvgIpc) is 2.16. The molecule has 0 aliphatic carbocycles. The van der Waals surface area contributed by atoms with E-state index in [1.165, 1.54) is 24.0 Å². The molecule has 0 aliphatic rings. The standard InChI is InChI=1S/C10H12N2O3/c1-7-6-9(12(14)15)4-5-10(7)11(3)8(2)13/h4-6H,1-3H3. The maximum atomic E-state index is 11.1. The average molecular weight is 208 g/mol. The van der Waals surface area contributed by atoms with Crippen LogP contribution < -0.4 is 4.90 Å². The van der Waals surface area contributed by atoms with Crippen LogP contribution in [0, 0.1) is 17.0 Å². The van der Waals surface area contributed by atoms with Crippen molar-refractivity contribution in [3.8, 4) is 0 Å². The Hall–Kier alpha value is -1.91. The van der Waals surface area contributed by atoms with Crippen molar-refractivity contribution in [2.45, 2.75) is 13.8 Å². The topological polar surface area (TPSA) is 63.5 Å². The van der Waals surface area contributed by atoms with Gasteiger partial charge in [0.05, 0.1) is 4.92 Å². The first kappa shape index (κ1) is 11.2. The van der Waals surface area contributed by atoms with Crippen molar-refractivity contribution < 1.29 is 9.72 Å². The SMILES string of the molecule is CC(=O)N(C)c1ccc([N+](=O)[O-])cc1C. The van der Waals surface area contributed by atoms with Crippen LogP contribution in [0.25, 0.3) is 0 Å². The van der Waals surface area contributed by atoms with E-state index in [9.17, 15) is 14.9 Å². The number of benzene rings is 1.